The second-order valence-corrected chi connectivity index (χ2v) is 7.50. The molecule has 1 heterocycles. The average Bonchev–Trinajstić information content (AvgIpc) is 2.65. The summed E-state index contributed by atoms with van der Waals surface area (Å²) in [5.41, 5.74) is 5.59. The van der Waals surface area contributed by atoms with E-state index in [4.69, 9.17) is 0 Å². The van der Waals surface area contributed by atoms with Crippen molar-refractivity contribution < 1.29 is 4.79 Å². The van der Waals surface area contributed by atoms with E-state index < -0.39 is 0 Å². The summed E-state index contributed by atoms with van der Waals surface area (Å²) in [4.78, 5) is 15.0. The number of carbonyl (C=O) groups excluding carboxylic acids is 1. The lowest BCUT2D eigenvalue weighted by Gasteiger charge is -2.34. The van der Waals surface area contributed by atoms with Crippen molar-refractivity contribution in [1.29, 1.82) is 0 Å². The summed E-state index contributed by atoms with van der Waals surface area (Å²) in [6.07, 6.45) is 3.88. The lowest BCUT2D eigenvalue weighted by molar-refractivity contribution is -0.125. The monoisotopic (exact) mass is 334 g/mol. The topological polar surface area (TPSA) is 32.3 Å². The lowest BCUT2D eigenvalue weighted by Crippen LogP contribution is -2.47. The molecule has 25 heavy (non-hydrogen) atoms. The molecule has 4 rings (SSSR count). The van der Waals surface area contributed by atoms with Crippen LogP contribution in [0.2, 0.25) is 0 Å². The van der Waals surface area contributed by atoms with E-state index in [1.165, 1.54) is 22.3 Å². The Kier molecular flexibility index (Phi) is 4.58. The van der Waals surface area contributed by atoms with Crippen molar-refractivity contribution in [2.24, 2.45) is 5.92 Å². The van der Waals surface area contributed by atoms with Crippen LogP contribution in [-0.2, 0) is 30.6 Å². The molecule has 0 fully saturated rings. The first-order chi connectivity index (χ1) is 12.2. The zero-order valence-electron chi connectivity index (χ0n) is 14.9. The maximum atomic E-state index is 12.7. The molecule has 0 saturated carbocycles. The van der Waals surface area contributed by atoms with E-state index in [9.17, 15) is 4.79 Å². The number of benzene rings is 2. The SMILES string of the molecule is CN1Cc2ccccc2C[C@@H]1CNC(=O)[C@H]1CCc2ccccc2C1. The Bertz CT molecular complexity index is 770. The molecule has 0 spiro atoms. The summed E-state index contributed by atoms with van der Waals surface area (Å²) in [6.45, 7) is 1.70. The van der Waals surface area contributed by atoms with Crippen molar-refractivity contribution in [3.63, 3.8) is 0 Å². The number of likely N-dealkylation sites (N-methyl/N-ethyl adjacent to an activating group) is 1. The van der Waals surface area contributed by atoms with Crippen molar-refractivity contribution in [2.45, 2.75) is 38.3 Å². The highest BCUT2D eigenvalue weighted by atomic mass is 16.1. The van der Waals surface area contributed by atoms with Crippen LogP contribution in [0.1, 0.15) is 28.7 Å². The van der Waals surface area contributed by atoms with Crippen LogP contribution in [0.3, 0.4) is 0 Å². The van der Waals surface area contributed by atoms with Crippen molar-refractivity contribution in [3.8, 4) is 0 Å². The van der Waals surface area contributed by atoms with Gasteiger partial charge in [0.1, 0.15) is 0 Å². The Hall–Kier alpha value is -2.13. The normalized spacial score (nSPS) is 22.8. The molecule has 1 aliphatic heterocycles. The van der Waals surface area contributed by atoms with E-state index >= 15 is 0 Å². The van der Waals surface area contributed by atoms with E-state index in [0.717, 1.165) is 38.8 Å². The maximum absolute atomic E-state index is 12.7. The zero-order valence-corrected chi connectivity index (χ0v) is 14.9. The first kappa shape index (κ1) is 16.3. The van der Waals surface area contributed by atoms with Gasteiger partial charge >= 0.3 is 0 Å². The number of rotatable bonds is 3. The van der Waals surface area contributed by atoms with Gasteiger partial charge in [-0.25, -0.2) is 0 Å². The van der Waals surface area contributed by atoms with E-state index in [0.29, 0.717) is 6.04 Å². The minimum atomic E-state index is 0.121. The predicted molar refractivity (Wildman–Crippen MR) is 100 cm³/mol. The van der Waals surface area contributed by atoms with Crippen molar-refractivity contribution in [2.75, 3.05) is 13.6 Å². The summed E-state index contributed by atoms with van der Waals surface area (Å²) in [6, 6.07) is 17.6. The molecule has 130 valence electrons. The highest BCUT2D eigenvalue weighted by molar-refractivity contribution is 5.79. The van der Waals surface area contributed by atoms with Gasteiger partial charge < -0.3 is 5.32 Å². The fourth-order valence-corrected chi connectivity index (χ4v) is 4.23. The summed E-state index contributed by atoms with van der Waals surface area (Å²) in [5.74, 6) is 0.345. The average molecular weight is 334 g/mol. The highest BCUT2D eigenvalue weighted by Crippen LogP contribution is 2.26. The Labute approximate surface area is 150 Å². The van der Waals surface area contributed by atoms with Gasteiger partial charge in [0.15, 0.2) is 0 Å². The third-order valence-electron chi connectivity index (χ3n) is 5.85. The molecule has 0 saturated heterocycles. The standard InChI is InChI=1S/C22H26N2O/c1-24-15-20-9-5-4-8-18(20)13-21(24)14-23-22(25)19-11-10-16-6-2-3-7-17(16)12-19/h2-9,19,21H,10-15H2,1H3,(H,23,25)/t19-,21+/m0/s1. The number of fused-ring (bicyclic) bond motifs is 2. The van der Waals surface area contributed by atoms with Crippen LogP contribution < -0.4 is 5.32 Å². The Morgan fingerprint density at radius 1 is 1.00 bits per heavy atom. The molecule has 2 aromatic carbocycles. The van der Waals surface area contributed by atoms with Crippen LogP contribution in [-0.4, -0.2) is 30.4 Å². The van der Waals surface area contributed by atoms with E-state index in [1.807, 2.05) is 0 Å². The van der Waals surface area contributed by atoms with Gasteiger partial charge in [-0.2, -0.15) is 0 Å². The number of nitrogens with one attached hydrogen (secondary N) is 1. The molecule has 1 N–H and O–H groups in total. The molecule has 1 amide bonds. The number of amides is 1. The molecule has 3 heteroatoms. The van der Waals surface area contributed by atoms with Crippen LogP contribution in [0.15, 0.2) is 48.5 Å². The summed E-state index contributed by atoms with van der Waals surface area (Å²) in [7, 11) is 2.16. The van der Waals surface area contributed by atoms with Crippen molar-refractivity contribution in [3.05, 3.63) is 70.8 Å². The number of nitrogens with zero attached hydrogens (tertiary/aromatic N) is 1. The Morgan fingerprint density at radius 2 is 1.64 bits per heavy atom. The number of hydrogen-bond acceptors (Lipinski definition) is 2. The van der Waals surface area contributed by atoms with Gasteiger partial charge in [-0.3, -0.25) is 9.69 Å². The van der Waals surface area contributed by atoms with Gasteiger partial charge in [0.05, 0.1) is 0 Å². The van der Waals surface area contributed by atoms with E-state index in [2.05, 4.69) is 65.8 Å². The van der Waals surface area contributed by atoms with Gasteiger partial charge in [0.2, 0.25) is 5.91 Å². The van der Waals surface area contributed by atoms with Crippen LogP contribution in [0, 0.1) is 5.92 Å². The lowest BCUT2D eigenvalue weighted by atomic mass is 9.83. The fraction of sp³-hybridized carbons (Fsp3) is 0.409. The predicted octanol–water partition coefficient (Wildman–Crippen LogP) is 2.96. The number of carbonyl (C=O) groups is 1. The number of aryl methyl sites for hydroxylation is 1. The fourth-order valence-electron chi connectivity index (χ4n) is 4.23. The maximum Gasteiger partial charge on any atom is 0.223 e. The van der Waals surface area contributed by atoms with Crippen LogP contribution in [0.5, 0.6) is 0 Å². The van der Waals surface area contributed by atoms with Gasteiger partial charge in [-0.05, 0) is 55.0 Å². The molecule has 0 bridgehead atoms. The Balaban J connectivity index is 1.35. The summed E-state index contributed by atoms with van der Waals surface area (Å²) >= 11 is 0. The molecular formula is C22H26N2O. The van der Waals surface area contributed by atoms with Gasteiger partial charge in [0.25, 0.3) is 0 Å². The first-order valence-corrected chi connectivity index (χ1v) is 9.32. The first-order valence-electron chi connectivity index (χ1n) is 9.32. The quantitative estimate of drug-likeness (QED) is 0.936. The molecule has 2 aromatic rings. The third-order valence-corrected chi connectivity index (χ3v) is 5.85. The second kappa shape index (κ2) is 7.01. The largest absolute Gasteiger partial charge is 0.354 e. The molecule has 0 aromatic heterocycles. The smallest absolute Gasteiger partial charge is 0.223 e. The Morgan fingerprint density at radius 3 is 2.40 bits per heavy atom. The van der Waals surface area contributed by atoms with Crippen molar-refractivity contribution in [1.82, 2.24) is 10.2 Å². The van der Waals surface area contributed by atoms with Gasteiger partial charge in [-0.1, -0.05) is 48.5 Å². The molecule has 2 atom stereocenters. The zero-order chi connectivity index (χ0) is 17.2. The van der Waals surface area contributed by atoms with Crippen LogP contribution >= 0.6 is 0 Å². The minimum absolute atomic E-state index is 0.121. The molecular weight excluding hydrogens is 308 g/mol. The van der Waals surface area contributed by atoms with Gasteiger partial charge in [-0.15, -0.1) is 0 Å². The molecule has 2 aliphatic rings. The van der Waals surface area contributed by atoms with E-state index in [1.54, 1.807) is 0 Å². The van der Waals surface area contributed by atoms with E-state index in [-0.39, 0.29) is 11.8 Å². The van der Waals surface area contributed by atoms with Crippen molar-refractivity contribution >= 4 is 5.91 Å². The van der Waals surface area contributed by atoms with Crippen LogP contribution in [0.4, 0.5) is 0 Å². The summed E-state index contributed by atoms with van der Waals surface area (Å²) < 4.78 is 0. The molecule has 3 nitrogen and oxygen atoms in total. The number of hydrogen-bond donors (Lipinski definition) is 1. The van der Waals surface area contributed by atoms with Gasteiger partial charge in [0, 0.05) is 25.0 Å². The minimum Gasteiger partial charge on any atom is -0.354 e. The summed E-state index contributed by atoms with van der Waals surface area (Å²) in [5, 5.41) is 3.23. The molecule has 1 aliphatic carbocycles. The second-order valence-electron chi connectivity index (χ2n) is 7.50. The highest BCUT2D eigenvalue weighted by Gasteiger charge is 2.27. The molecule has 0 unspecified atom stereocenters. The molecule has 0 radical (unpaired) electrons. The third kappa shape index (κ3) is 3.47. The van der Waals surface area contributed by atoms with Crippen LogP contribution in [0.25, 0.3) is 0 Å².